The van der Waals surface area contributed by atoms with Crippen LogP contribution in [0.1, 0.15) is 55.5 Å². The summed E-state index contributed by atoms with van der Waals surface area (Å²) in [6, 6.07) is 20.1. The molecule has 0 spiro atoms. The molecule has 11 nitrogen and oxygen atoms in total. The van der Waals surface area contributed by atoms with Crippen molar-refractivity contribution in [1.82, 2.24) is 19.7 Å². The highest BCUT2D eigenvalue weighted by atomic mass is 32.2. The third-order valence-corrected chi connectivity index (χ3v) is 9.42. The molecular formula is C31H26N6O5S3. The molecule has 0 saturated carbocycles. The predicted octanol–water partition coefficient (Wildman–Crippen LogP) is 5.64. The van der Waals surface area contributed by atoms with E-state index in [9.17, 15) is 19.2 Å². The van der Waals surface area contributed by atoms with Gasteiger partial charge in [-0.25, -0.2) is 0 Å². The Kier molecular flexibility index (Phi) is 8.87. The number of para-hydroxylation sites is 1. The number of unbranched alkanes of at least 4 members (excludes halogenated alkanes) is 2. The van der Waals surface area contributed by atoms with Crippen LogP contribution < -0.4 is 11.1 Å². The summed E-state index contributed by atoms with van der Waals surface area (Å²) in [5.74, 6) is -1.04. The van der Waals surface area contributed by atoms with Gasteiger partial charge in [0.1, 0.15) is 10.7 Å². The van der Waals surface area contributed by atoms with Gasteiger partial charge in [0, 0.05) is 35.2 Å². The van der Waals surface area contributed by atoms with Crippen LogP contribution in [0.2, 0.25) is 0 Å². The Bertz CT molecular complexity index is 1950. The third kappa shape index (κ3) is 6.30. The van der Waals surface area contributed by atoms with Gasteiger partial charge < -0.3 is 15.5 Å². The van der Waals surface area contributed by atoms with Gasteiger partial charge in [-0.3, -0.25) is 28.6 Å². The number of nitrogens with zero attached hydrogens (tertiary/aromatic N) is 4. The van der Waals surface area contributed by atoms with E-state index in [4.69, 9.17) is 22.4 Å². The number of anilines is 1. The second-order valence-corrected chi connectivity index (χ2v) is 12.7. The normalized spacial score (nSPS) is 12.6. The predicted molar refractivity (Wildman–Crippen MR) is 174 cm³/mol. The number of aryl methyl sites for hydroxylation is 1. The van der Waals surface area contributed by atoms with E-state index in [0.29, 0.717) is 52.5 Å². The molecule has 2 aromatic heterocycles. The molecule has 0 radical (unpaired) electrons. The lowest BCUT2D eigenvalue weighted by Gasteiger charge is -2.27. The number of amides is 4. The Morgan fingerprint density at radius 1 is 0.933 bits per heavy atom. The van der Waals surface area contributed by atoms with Crippen molar-refractivity contribution in [3.8, 4) is 5.69 Å². The van der Waals surface area contributed by atoms with Crippen LogP contribution in [-0.4, -0.2) is 55.6 Å². The molecule has 0 bridgehead atoms. The molecule has 228 valence electrons. The smallest absolute Gasteiger partial charge is 0.277 e. The number of benzene rings is 3. The number of imide groups is 1. The average Bonchev–Trinajstić information content (AvgIpc) is 3.64. The van der Waals surface area contributed by atoms with E-state index in [2.05, 4.69) is 15.5 Å². The van der Waals surface area contributed by atoms with Gasteiger partial charge in [-0.05, 0) is 54.7 Å². The molecule has 0 fully saturated rings. The van der Waals surface area contributed by atoms with Gasteiger partial charge in [0.2, 0.25) is 11.8 Å². The fraction of sp³-hybridized carbons (Fsp3) is 0.194. The third-order valence-electron chi connectivity index (χ3n) is 7.21. The second kappa shape index (κ2) is 13.1. The number of carbonyl (C=O) groups is 4. The van der Waals surface area contributed by atoms with E-state index in [1.165, 1.54) is 4.90 Å². The number of thiazole rings is 1. The number of hydrogen-bond acceptors (Lipinski definition) is 10. The molecule has 0 saturated heterocycles. The molecule has 3 N–H and O–H groups in total. The fourth-order valence-electron chi connectivity index (χ4n) is 5.16. The summed E-state index contributed by atoms with van der Waals surface area (Å²) in [6.07, 6.45) is 2.60. The minimum absolute atomic E-state index is 0.0496. The minimum Gasteiger partial charge on any atom is -0.416 e. The molecule has 0 aliphatic carbocycles. The molecule has 14 heteroatoms. The molecular weight excluding hydrogens is 633 g/mol. The zero-order chi connectivity index (χ0) is 31.5. The number of thioether (sulfide) groups is 1. The Hall–Kier alpha value is -4.66. The summed E-state index contributed by atoms with van der Waals surface area (Å²) in [5, 5.41) is 12.7. The summed E-state index contributed by atoms with van der Waals surface area (Å²) in [7, 11) is 0. The maximum Gasteiger partial charge on any atom is 0.277 e. The summed E-state index contributed by atoms with van der Waals surface area (Å²) in [5.41, 5.74) is 7.34. The Morgan fingerprint density at radius 3 is 2.33 bits per heavy atom. The van der Waals surface area contributed by atoms with Gasteiger partial charge in [-0.2, -0.15) is 0 Å². The molecule has 1 aliphatic heterocycles. The van der Waals surface area contributed by atoms with Crippen LogP contribution in [0.5, 0.6) is 0 Å². The van der Waals surface area contributed by atoms with Gasteiger partial charge in [-0.15, -0.1) is 10.2 Å². The summed E-state index contributed by atoms with van der Waals surface area (Å²) in [6.45, 7) is 0.321. The first-order valence-corrected chi connectivity index (χ1v) is 16.3. The number of nitrogens with two attached hydrogens (primary N) is 1. The van der Waals surface area contributed by atoms with E-state index in [1.807, 2.05) is 54.6 Å². The lowest BCUT2D eigenvalue weighted by atomic mass is 9.94. The van der Waals surface area contributed by atoms with Crippen LogP contribution in [0.15, 0.2) is 76.4 Å². The van der Waals surface area contributed by atoms with E-state index in [-0.39, 0.29) is 33.5 Å². The maximum atomic E-state index is 13.1. The summed E-state index contributed by atoms with van der Waals surface area (Å²) in [4.78, 5) is 52.5. The Balaban J connectivity index is 0.987. The fourth-order valence-corrected chi connectivity index (χ4v) is 6.99. The molecule has 0 unspecified atom stereocenters. The van der Waals surface area contributed by atoms with Crippen LogP contribution >= 0.6 is 35.3 Å². The highest BCUT2D eigenvalue weighted by Crippen LogP contribution is 2.31. The number of primary amides is 1. The number of nitrogens with one attached hydrogen (secondary N) is 1. The van der Waals surface area contributed by atoms with Crippen molar-refractivity contribution in [2.24, 2.45) is 5.73 Å². The highest BCUT2D eigenvalue weighted by molar-refractivity contribution is 7.99. The Labute approximate surface area is 270 Å². The molecule has 3 heterocycles. The van der Waals surface area contributed by atoms with E-state index in [1.54, 1.807) is 16.7 Å². The van der Waals surface area contributed by atoms with E-state index in [0.717, 1.165) is 40.3 Å². The van der Waals surface area contributed by atoms with E-state index >= 15 is 0 Å². The van der Waals surface area contributed by atoms with Crippen LogP contribution in [0, 0.1) is 3.95 Å². The van der Waals surface area contributed by atoms with Crippen molar-refractivity contribution < 1.29 is 23.6 Å². The molecule has 4 amide bonds. The quantitative estimate of drug-likeness (QED) is 0.0750. The maximum absolute atomic E-state index is 13.1. The average molecular weight is 659 g/mol. The van der Waals surface area contributed by atoms with Crippen molar-refractivity contribution in [3.63, 3.8) is 0 Å². The number of aromatic nitrogens is 3. The lowest BCUT2D eigenvalue weighted by Crippen LogP contribution is -2.40. The SMILES string of the molecule is NC(=O)c1sc(=S)n(-c2ccccc2)c1NC(=O)CSc1nnc(CCCCCN2C(=O)c3cccc4cccc(c34)C2=O)o1. The van der Waals surface area contributed by atoms with Crippen molar-refractivity contribution in [1.29, 1.82) is 0 Å². The number of rotatable bonds is 12. The second-order valence-electron chi connectivity index (χ2n) is 10.2. The van der Waals surface area contributed by atoms with Gasteiger partial charge in [0.15, 0.2) is 3.95 Å². The lowest BCUT2D eigenvalue weighted by molar-refractivity contribution is -0.113. The first kappa shape index (κ1) is 30.4. The highest BCUT2D eigenvalue weighted by Gasteiger charge is 2.32. The van der Waals surface area contributed by atoms with Gasteiger partial charge >= 0.3 is 0 Å². The molecule has 6 rings (SSSR count). The van der Waals surface area contributed by atoms with Crippen molar-refractivity contribution in [3.05, 3.63) is 92.6 Å². The van der Waals surface area contributed by atoms with E-state index < -0.39 is 11.8 Å². The minimum atomic E-state index is -0.692. The molecule has 45 heavy (non-hydrogen) atoms. The summed E-state index contributed by atoms with van der Waals surface area (Å²) >= 11 is 7.52. The molecule has 0 atom stereocenters. The van der Waals surface area contributed by atoms with Crippen molar-refractivity contribution in [2.75, 3.05) is 17.6 Å². The first-order valence-electron chi connectivity index (χ1n) is 14.1. The van der Waals surface area contributed by atoms with Crippen LogP contribution in [0.25, 0.3) is 16.5 Å². The molecule has 3 aromatic carbocycles. The van der Waals surface area contributed by atoms with Crippen LogP contribution in [0.3, 0.4) is 0 Å². The zero-order valence-corrected chi connectivity index (χ0v) is 26.2. The number of hydrogen-bond donors (Lipinski definition) is 2. The van der Waals surface area contributed by atoms with Gasteiger partial charge in [0.25, 0.3) is 22.9 Å². The monoisotopic (exact) mass is 658 g/mol. The summed E-state index contributed by atoms with van der Waals surface area (Å²) < 4.78 is 7.67. The standard InChI is InChI=1S/C31H26N6O5S3/c32-26(39)25-27(37(31(43)45-25)19-11-3-1-4-12-19)33-22(38)17-44-30-35-34-23(42-30)15-5-2-6-16-36-28(40)20-13-7-9-18-10-8-14-21(24(18)20)29(36)41/h1,3-4,7-14H,2,5-6,15-17H2,(H2,32,39)(H,33,38). The zero-order valence-electron chi connectivity index (χ0n) is 23.7. The van der Waals surface area contributed by atoms with Crippen molar-refractivity contribution in [2.45, 2.75) is 30.9 Å². The van der Waals surface area contributed by atoms with Gasteiger partial charge in [0.05, 0.1) is 5.75 Å². The first-order chi connectivity index (χ1) is 21.8. The number of carbonyl (C=O) groups excluding carboxylic acids is 4. The van der Waals surface area contributed by atoms with Crippen molar-refractivity contribution >= 4 is 75.5 Å². The molecule has 1 aliphatic rings. The molecule has 5 aromatic rings. The largest absolute Gasteiger partial charge is 0.416 e. The topological polar surface area (TPSA) is 153 Å². The van der Waals surface area contributed by atoms with Crippen LogP contribution in [-0.2, 0) is 11.2 Å². The van der Waals surface area contributed by atoms with Crippen LogP contribution in [0.4, 0.5) is 5.82 Å². The Morgan fingerprint density at radius 2 is 1.64 bits per heavy atom. The van der Waals surface area contributed by atoms with Gasteiger partial charge in [-0.1, -0.05) is 72.0 Å².